The molecule has 1 unspecified atom stereocenters. The number of aliphatic hydroxyl groups excluding tert-OH is 2. The molecule has 0 aliphatic heterocycles. The Kier molecular flexibility index (Phi) is 6.63. The van der Waals surface area contributed by atoms with Crippen LogP contribution in [0.1, 0.15) is 5.56 Å². The smallest absolute Gasteiger partial charge is 0.317 e. The first-order valence-electron chi connectivity index (χ1n) is 6.13. The van der Waals surface area contributed by atoms with Gasteiger partial charge in [-0.15, -0.1) is 0 Å². The van der Waals surface area contributed by atoms with E-state index >= 15 is 0 Å². The van der Waals surface area contributed by atoms with Crippen molar-refractivity contribution in [1.29, 1.82) is 0 Å². The van der Waals surface area contributed by atoms with Gasteiger partial charge >= 0.3 is 6.03 Å². The first-order valence-corrected chi connectivity index (χ1v) is 6.13. The van der Waals surface area contributed by atoms with Crippen molar-refractivity contribution in [1.82, 2.24) is 10.2 Å². The maximum absolute atomic E-state index is 11.6. The predicted molar refractivity (Wildman–Crippen MR) is 74.6 cm³/mol. The molecule has 0 bridgehead atoms. The summed E-state index contributed by atoms with van der Waals surface area (Å²) in [6.07, 6.45) is 2.86. The fraction of sp³-hybridized carbons (Fsp3) is 0.357. The molecule has 1 atom stereocenters. The molecule has 0 aromatic heterocycles. The Morgan fingerprint density at radius 1 is 1.42 bits per heavy atom. The van der Waals surface area contributed by atoms with Gasteiger partial charge < -0.3 is 20.4 Å². The van der Waals surface area contributed by atoms with Crippen molar-refractivity contribution in [3.8, 4) is 0 Å². The van der Waals surface area contributed by atoms with E-state index in [9.17, 15) is 9.90 Å². The second-order valence-corrected chi connectivity index (χ2v) is 4.22. The Hall–Kier alpha value is -1.85. The third-order valence-electron chi connectivity index (χ3n) is 2.52. The predicted octanol–water partition coefficient (Wildman–Crippen LogP) is 0.694. The second kappa shape index (κ2) is 8.29. The number of rotatable bonds is 6. The Labute approximate surface area is 113 Å². The van der Waals surface area contributed by atoms with Gasteiger partial charge in [0.15, 0.2) is 0 Å². The van der Waals surface area contributed by atoms with Crippen LogP contribution in [0.15, 0.2) is 36.4 Å². The first-order chi connectivity index (χ1) is 9.13. The number of urea groups is 1. The van der Waals surface area contributed by atoms with Crippen LogP contribution in [0.2, 0.25) is 0 Å². The van der Waals surface area contributed by atoms with Crippen LogP contribution < -0.4 is 5.32 Å². The maximum atomic E-state index is 11.6. The van der Waals surface area contributed by atoms with Crippen LogP contribution in [-0.4, -0.2) is 54.0 Å². The van der Waals surface area contributed by atoms with Crippen molar-refractivity contribution in [2.45, 2.75) is 6.10 Å². The molecular weight excluding hydrogens is 244 g/mol. The highest BCUT2D eigenvalue weighted by atomic mass is 16.3. The summed E-state index contributed by atoms with van der Waals surface area (Å²) in [5.41, 5.74) is 1.07. The number of aliphatic hydroxyl groups is 2. The maximum Gasteiger partial charge on any atom is 0.317 e. The molecule has 5 heteroatoms. The van der Waals surface area contributed by atoms with Gasteiger partial charge in [-0.05, 0) is 5.56 Å². The Balaban J connectivity index is 2.29. The number of likely N-dealkylation sites (N-methyl/N-ethyl adjacent to an activating group) is 1. The SMILES string of the molecule is CN(CC(O)CO)C(=O)NC/C=C/c1ccccc1. The van der Waals surface area contributed by atoms with Gasteiger partial charge in [0.05, 0.1) is 19.3 Å². The van der Waals surface area contributed by atoms with Gasteiger partial charge in [0.1, 0.15) is 0 Å². The topological polar surface area (TPSA) is 72.8 Å². The van der Waals surface area contributed by atoms with Gasteiger partial charge in [-0.1, -0.05) is 42.5 Å². The van der Waals surface area contributed by atoms with Crippen LogP contribution in [0.25, 0.3) is 6.08 Å². The van der Waals surface area contributed by atoms with E-state index in [0.29, 0.717) is 6.54 Å². The Morgan fingerprint density at radius 3 is 2.74 bits per heavy atom. The molecule has 0 saturated heterocycles. The molecule has 3 N–H and O–H groups in total. The minimum Gasteiger partial charge on any atom is -0.394 e. The zero-order valence-corrected chi connectivity index (χ0v) is 11.0. The van der Waals surface area contributed by atoms with Crippen LogP contribution in [-0.2, 0) is 0 Å². The van der Waals surface area contributed by atoms with Gasteiger partial charge in [-0.25, -0.2) is 4.79 Å². The monoisotopic (exact) mass is 264 g/mol. The summed E-state index contributed by atoms with van der Waals surface area (Å²) in [5.74, 6) is 0. The van der Waals surface area contributed by atoms with Crippen molar-refractivity contribution in [3.63, 3.8) is 0 Å². The Morgan fingerprint density at radius 2 is 2.11 bits per heavy atom. The molecule has 0 radical (unpaired) electrons. The highest BCUT2D eigenvalue weighted by molar-refractivity contribution is 5.74. The van der Waals surface area contributed by atoms with E-state index in [1.165, 1.54) is 4.90 Å². The van der Waals surface area contributed by atoms with Crippen molar-refractivity contribution in [2.24, 2.45) is 0 Å². The highest BCUT2D eigenvalue weighted by Gasteiger charge is 2.11. The molecule has 1 aromatic rings. The lowest BCUT2D eigenvalue weighted by Crippen LogP contribution is -2.42. The summed E-state index contributed by atoms with van der Waals surface area (Å²) in [7, 11) is 1.56. The van der Waals surface area contributed by atoms with Gasteiger partial charge in [0.25, 0.3) is 0 Å². The summed E-state index contributed by atoms with van der Waals surface area (Å²) in [6.45, 7) is 0.156. The van der Waals surface area contributed by atoms with Crippen molar-refractivity contribution >= 4 is 12.1 Å². The van der Waals surface area contributed by atoms with Crippen LogP contribution in [0, 0.1) is 0 Å². The van der Waals surface area contributed by atoms with Gasteiger partial charge in [0, 0.05) is 13.6 Å². The van der Waals surface area contributed by atoms with Gasteiger partial charge in [-0.3, -0.25) is 0 Å². The summed E-state index contributed by atoms with van der Waals surface area (Å²) < 4.78 is 0. The molecule has 0 spiro atoms. The van der Waals surface area contributed by atoms with E-state index in [-0.39, 0.29) is 19.2 Å². The van der Waals surface area contributed by atoms with E-state index in [4.69, 9.17) is 5.11 Å². The number of benzene rings is 1. The van der Waals surface area contributed by atoms with E-state index < -0.39 is 6.10 Å². The third kappa shape index (κ3) is 6.03. The minimum absolute atomic E-state index is 0.102. The van der Waals surface area contributed by atoms with Crippen LogP contribution in [0.4, 0.5) is 4.79 Å². The van der Waals surface area contributed by atoms with Crippen LogP contribution >= 0.6 is 0 Å². The number of hydrogen-bond donors (Lipinski definition) is 3. The number of nitrogens with one attached hydrogen (secondary N) is 1. The lowest BCUT2D eigenvalue weighted by molar-refractivity contribution is 0.0734. The zero-order chi connectivity index (χ0) is 14.1. The lowest BCUT2D eigenvalue weighted by Gasteiger charge is -2.19. The van der Waals surface area contributed by atoms with Gasteiger partial charge in [-0.2, -0.15) is 0 Å². The zero-order valence-electron chi connectivity index (χ0n) is 11.0. The number of carbonyl (C=O) groups is 1. The number of nitrogens with zero attached hydrogens (tertiary/aromatic N) is 1. The molecule has 0 heterocycles. The normalized spacial score (nSPS) is 12.4. The molecule has 1 rings (SSSR count). The lowest BCUT2D eigenvalue weighted by atomic mass is 10.2. The average Bonchev–Trinajstić information content (AvgIpc) is 2.44. The van der Waals surface area contributed by atoms with Crippen LogP contribution in [0.5, 0.6) is 0 Å². The fourth-order valence-corrected chi connectivity index (χ4v) is 1.50. The van der Waals surface area contributed by atoms with Crippen molar-refractivity contribution in [3.05, 3.63) is 42.0 Å². The molecular formula is C14H20N2O3. The Bertz CT molecular complexity index is 406. The number of hydrogen-bond acceptors (Lipinski definition) is 3. The number of carbonyl (C=O) groups excluding carboxylic acids is 1. The largest absolute Gasteiger partial charge is 0.394 e. The molecule has 0 saturated carbocycles. The molecule has 0 aliphatic rings. The van der Waals surface area contributed by atoms with E-state index in [1.54, 1.807) is 7.05 Å². The molecule has 0 fully saturated rings. The molecule has 5 nitrogen and oxygen atoms in total. The summed E-state index contributed by atoms with van der Waals surface area (Å²) in [5, 5.41) is 20.6. The minimum atomic E-state index is -0.907. The molecule has 0 aliphatic carbocycles. The van der Waals surface area contributed by atoms with E-state index in [0.717, 1.165) is 5.56 Å². The van der Waals surface area contributed by atoms with Crippen LogP contribution in [0.3, 0.4) is 0 Å². The van der Waals surface area contributed by atoms with E-state index in [2.05, 4.69) is 5.32 Å². The van der Waals surface area contributed by atoms with Crippen molar-refractivity contribution in [2.75, 3.05) is 26.7 Å². The number of amides is 2. The highest BCUT2D eigenvalue weighted by Crippen LogP contribution is 2.00. The standard InChI is InChI=1S/C14H20N2O3/c1-16(10-13(18)11-17)14(19)15-9-5-8-12-6-3-2-4-7-12/h2-8,13,17-18H,9-11H2,1H3,(H,15,19)/b8-5+. The summed E-state index contributed by atoms with van der Waals surface area (Å²) in [6, 6.07) is 9.50. The summed E-state index contributed by atoms with van der Waals surface area (Å²) >= 11 is 0. The third-order valence-corrected chi connectivity index (χ3v) is 2.52. The summed E-state index contributed by atoms with van der Waals surface area (Å²) in [4.78, 5) is 12.9. The molecule has 2 amide bonds. The fourth-order valence-electron chi connectivity index (χ4n) is 1.50. The molecule has 1 aromatic carbocycles. The van der Waals surface area contributed by atoms with Crippen molar-refractivity contribution < 1.29 is 15.0 Å². The molecule has 104 valence electrons. The second-order valence-electron chi connectivity index (χ2n) is 4.22. The van der Waals surface area contributed by atoms with Gasteiger partial charge in [0.2, 0.25) is 0 Å². The van der Waals surface area contributed by atoms with E-state index in [1.807, 2.05) is 42.5 Å². The average molecular weight is 264 g/mol. The first kappa shape index (κ1) is 15.2. The quantitative estimate of drug-likeness (QED) is 0.708. The molecule has 19 heavy (non-hydrogen) atoms.